The summed E-state index contributed by atoms with van der Waals surface area (Å²) in [5.41, 5.74) is 0. The van der Waals surface area contributed by atoms with Crippen molar-refractivity contribution in [3.63, 3.8) is 0 Å². The predicted molar refractivity (Wildman–Crippen MR) is 75.2 cm³/mol. The van der Waals surface area contributed by atoms with Gasteiger partial charge in [-0.05, 0) is 43.8 Å². The third kappa shape index (κ3) is 3.17. The van der Waals surface area contributed by atoms with Gasteiger partial charge in [-0.2, -0.15) is 0 Å². The summed E-state index contributed by atoms with van der Waals surface area (Å²) in [6.07, 6.45) is 7.16. The van der Waals surface area contributed by atoms with Gasteiger partial charge in [-0.3, -0.25) is 4.79 Å². The molecule has 0 amide bonds. The van der Waals surface area contributed by atoms with Crippen molar-refractivity contribution in [3.05, 3.63) is 19.2 Å². The Labute approximate surface area is 117 Å². The second kappa shape index (κ2) is 5.78. The summed E-state index contributed by atoms with van der Waals surface area (Å²) in [5.74, 6) is 0.934. The monoisotopic (exact) mass is 364 g/mol. The third-order valence-electron chi connectivity index (χ3n) is 3.12. The van der Waals surface area contributed by atoms with Gasteiger partial charge < -0.3 is 0 Å². The van der Waals surface area contributed by atoms with Crippen LogP contribution in [0, 0.1) is 5.92 Å². The highest BCUT2D eigenvalue weighted by Crippen LogP contribution is 2.34. The quantitative estimate of drug-likeness (QED) is 0.653. The van der Waals surface area contributed by atoms with Crippen LogP contribution in [0.15, 0.2) is 14.3 Å². The molecule has 1 heterocycles. The normalized spacial score (nSPS) is 17.6. The van der Waals surface area contributed by atoms with Crippen molar-refractivity contribution in [2.75, 3.05) is 0 Å². The highest BCUT2D eigenvalue weighted by Gasteiger charge is 2.19. The molecule has 88 valence electrons. The van der Waals surface area contributed by atoms with Crippen molar-refractivity contribution in [3.8, 4) is 0 Å². The van der Waals surface area contributed by atoms with Crippen LogP contribution >= 0.6 is 43.2 Å². The number of Topliss-reactive ketones (excluding diaryl/α,β-unsaturated/α-hetero) is 1. The standard InChI is InChI=1S/C12H14Br2OS/c13-9-7-11(16-12(9)14)10(15)6-8-4-2-1-3-5-8/h7-8H,1-6H2. The van der Waals surface area contributed by atoms with Gasteiger partial charge >= 0.3 is 0 Å². The van der Waals surface area contributed by atoms with Crippen LogP contribution in [-0.2, 0) is 0 Å². The van der Waals surface area contributed by atoms with E-state index in [1.54, 1.807) is 0 Å². The first-order valence-electron chi connectivity index (χ1n) is 5.65. The molecule has 0 atom stereocenters. The van der Waals surface area contributed by atoms with Gasteiger partial charge in [-0.25, -0.2) is 0 Å². The fourth-order valence-corrected chi connectivity index (χ4v) is 4.22. The molecule has 1 nitrogen and oxygen atoms in total. The molecule has 0 bridgehead atoms. The molecule has 1 saturated carbocycles. The van der Waals surface area contributed by atoms with E-state index in [0.29, 0.717) is 11.7 Å². The van der Waals surface area contributed by atoms with E-state index in [9.17, 15) is 4.79 Å². The number of carbonyl (C=O) groups is 1. The maximum absolute atomic E-state index is 12.0. The molecule has 1 aromatic rings. The number of ketones is 1. The summed E-state index contributed by atoms with van der Waals surface area (Å²) in [6.45, 7) is 0. The lowest BCUT2D eigenvalue weighted by Gasteiger charge is -2.20. The van der Waals surface area contributed by atoms with Gasteiger partial charge in [0.05, 0.1) is 8.66 Å². The number of thiophene rings is 1. The van der Waals surface area contributed by atoms with Crippen LogP contribution < -0.4 is 0 Å². The molecule has 0 saturated heterocycles. The Morgan fingerprint density at radius 1 is 1.31 bits per heavy atom. The molecule has 4 heteroatoms. The average Bonchev–Trinajstić information content (AvgIpc) is 2.61. The van der Waals surface area contributed by atoms with Gasteiger partial charge in [0.1, 0.15) is 0 Å². The maximum Gasteiger partial charge on any atom is 0.173 e. The number of hydrogen-bond acceptors (Lipinski definition) is 2. The van der Waals surface area contributed by atoms with E-state index in [4.69, 9.17) is 0 Å². The fraction of sp³-hybridized carbons (Fsp3) is 0.583. The third-order valence-corrected chi connectivity index (χ3v) is 6.42. The number of rotatable bonds is 3. The molecule has 1 aliphatic carbocycles. The summed E-state index contributed by atoms with van der Waals surface area (Å²) in [6, 6.07) is 1.93. The molecule has 1 fully saturated rings. The van der Waals surface area contributed by atoms with E-state index in [0.717, 1.165) is 19.6 Å². The van der Waals surface area contributed by atoms with Crippen molar-refractivity contribution < 1.29 is 4.79 Å². The van der Waals surface area contributed by atoms with Crippen LogP contribution in [-0.4, -0.2) is 5.78 Å². The van der Waals surface area contributed by atoms with E-state index in [1.165, 1.54) is 43.4 Å². The van der Waals surface area contributed by atoms with Crippen LogP contribution in [0.2, 0.25) is 0 Å². The Hall–Kier alpha value is 0.330. The number of carbonyl (C=O) groups excluding carboxylic acids is 1. The highest BCUT2D eigenvalue weighted by atomic mass is 79.9. The van der Waals surface area contributed by atoms with Crippen molar-refractivity contribution in [2.45, 2.75) is 38.5 Å². The molecule has 0 unspecified atom stereocenters. The first-order chi connectivity index (χ1) is 7.66. The van der Waals surface area contributed by atoms with Crippen LogP contribution in [0.3, 0.4) is 0 Å². The van der Waals surface area contributed by atoms with Gasteiger partial charge in [0.25, 0.3) is 0 Å². The molecule has 0 spiro atoms. The largest absolute Gasteiger partial charge is 0.293 e. The van der Waals surface area contributed by atoms with E-state index < -0.39 is 0 Å². The van der Waals surface area contributed by atoms with E-state index >= 15 is 0 Å². The first kappa shape index (κ1) is 12.8. The Balaban J connectivity index is 1.96. The molecule has 0 aliphatic heterocycles. The van der Waals surface area contributed by atoms with Gasteiger partial charge in [0.15, 0.2) is 5.78 Å². The summed E-state index contributed by atoms with van der Waals surface area (Å²) in [5, 5.41) is 0. The summed E-state index contributed by atoms with van der Waals surface area (Å²) >= 11 is 8.38. The van der Waals surface area contributed by atoms with Gasteiger partial charge in [0, 0.05) is 10.9 Å². The molecule has 0 N–H and O–H groups in total. The minimum Gasteiger partial charge on any atom is -0.293 e. The molecular weight excluding hydrogens is 352 g/mol. The van der Waals surface area contributed by atoms with Gasteiger partial charge in [-0.15, -0.1) is 11.3 Å². The average molecular weight is 366 g/mol. The maximum atomic E-state index is 12.0. The minimum absolute atomic E-state index is 0.309. The van der Waals surface area contributed by atoms with Crippen molar-refractivity contribution in [1.29, 1.82) is 0 Å². The molecule has 0 radical (unpaired) electrons. The zero-order chi connectivity index (χ0) is 11.5. The molecule has 16 heavy (non-hydrogen) atoms. The highest BCUT2D eigenvalue weighted by molar-refractivity contribution is 9.13. The second-order valence-corrected chi connectivity index (χ2v) is 7.59. The Morgan fingerprint density at radius 2 is 2.00 bits per heavy atom. The molecule has 0 aromatic carbocycles. The van der Waals surface area contributed by atoms with Crippen LogP contribution in [0.1, 0.15) is 48.2 Å². The van der Waals surface area contributed by atoms with Crippen LogP contribution in [0.4, 0.5) is 0 Å². The zero-order valence-corrected chi connectivity index (χ0v) is 13.0. The lowest BCUT2D eigenvalue weighted by Crippen LogP contribution is -2.11. The van der Waals surface area contributed by atoms with Crippen molar-refractivity contribution >= 4 is 49.0 Å². The number of halogens is 2. The summed E-state index contributed by atoms with van der Waals surface area (Å²) in [7, 11) is 0. The lowest BCUT2D eigenvalue weighted by molar-refractivity contribution is 0.0954. The van der Waals surface area contributed by atoms with Crippen LogP contribution in [0.25, 0.3) is 0 Å². The smallest absolute Gasteiger partial charge is 0.173 e. The fourth-order valence-electron chi connectivity index (χ4n) is 2.24. The first-order valence-corrected chi connectivity index (χ1v) is 8.05. The Kier molecular flexibility index (Phi) is 4.62. The molecule has 2 rings (SSSR count). The molecule has 1 aliphatic rings. The topological polar surface area (TPSA) is 17.1 Å². The molecular formula is C12H14Br2OS. The minimum atomic E-state index is 0.309. The van der Waals surface area contributed by atoms with E-state index in [2.05, 4.69) is 31.9 Å². The summed E-state index contributed by atoms with van der Waals surface area (Å²) in [4.78, 5) is 12.9. The SMILES string of the molecule is O=C(CC1CCCCC1)c1cc(Br)c(Br)s1. The number of hydrogen-bond donors (Lipinski definition) is 0. The second-order valence-electron chi connectivity index (χ2n) is 4.36. The zero-order valence-electron chi connectivity index (χ0n) is 8.97. The Bertz CT molecular complexity index is 361. The van der Waals surface area contributed by atoms with Gasteiger partial charge in [0.2, 0.25) is 0 Å². The summed E-state index contributed by atoms with van der Waals surface area (Å²) < 4.78 is 2.00. The van der Waals surface area contributed by atoms with Crippen LogP contribution in [0.5, 0.6) is 0 Å². The Morgan fingerprint density at radius 3 is 2.56 bits per heavy atom. The van der Waals surface area contributed by atoms with E-state index in [1.807, 2.05) is 6.07 Å². The van der Waals surface area contributed by atoms with E-state index in [-0.39, 0.29) is 0 Å². The molecule has 1 aromatic heterocycles. The van der Waals surface area contributed by atoms with Crippen molar-refractivity contribution in [2.24, 2.45) is 5.92 Å². The predicted octanol–water partition coefficient (Wildman–Crippen LogP) is 5.43. The van der Waals surface area contributed by atoms with Gasteiger partial charge in [-0.1, -0.05) is 32.1 Å². The lowest BCUT2D eigenvalue weighted by atomic mass is 9.85. The van der Waals surface area contributed by atoms with Crippen molar-refractivity contribution in [1.82, 2.24) is 0 Å².